The van der Waals surface area contributed by atoms with Crippen LogP contribution >= 0.6 is 31.9 Å². The molecule has 0 amide bonds. The highest BCUT2D eigenvalue weighted by atomic mass is 79.9. The molecule has 0 bridgehead atoms. The molecule has 15 heavy (non-hydrogen) atoms. The molecule has 0 heterocycles. The summed E-state index contributed by atoms with van der Waals surface area (Å²) in [5, 5.41) is 0. The molecule has 0 saturated heterocycles. The van der Waals surface area contributed by atoms with Gasteiger partial charge in [0.1, 0.15) is 6.54 Å². The van der Waals surface area contributed by atoms with E-state index in [0.29, 0.717) is 0 Å². The van der Waals surface area contributed by atoms with E-state index in [-0.39, 0.29) is 0 Å². The van der Waals surface area contributed by atoms with Crippen molar-refractivity contribution >= 4 is 31.9 Å². The number of likely N-dealkylation sites (N-methyl/N-ethyl adjacent to an activating group) is 1. The summed E-state index contributed by atoms with van der Waals surface area (Å²) in [6.07, 6.45) is 2.61. The first-order chi connectivity index (χ1) is 7.01. The van der Waals surface area contributed by atoms with E-state index in [4.69, 9.17) is 0 Å². The lowest BCUT2D eigenvalue weighted by Crippen LogP contribution is -2.49. The van der Waals surface area contributed by atoms with Gasteiger partial charge in [0.25, 0.3) is 0 Å². The number of hydrogen-bond acceptors (Lipinski definition) is 0. The van der Waals surface area contributed by atoms with Crippen molar-refractivity contribution in [1.82, 2.24) is 0 Å². The summed E-state index contributed by atoms with van der Waals surface area (Å²) in [6, 6.07) is 0. The molecular weight excluding hydrogens is 318 g/mol. The van der Waals surface area contributed by atoms with Gasteiger partial charge in [0.15, 0.2) is 0 Å². The van der Waals surface area contributed by atoms with E-state index < -0.39 is 0 Å². The second-order valence-corrected chi connectivity index (χ2v) is 6.29. The zero-order chi connectivity index (χ0) is 11.9. The minimum absolute atomic E-state index is 1.12. The first-order valence-corrected chi connectivity index (χ1v) is 7.45. The van der Waals surface area contributed by atoms with Gasteiger partial charge in [-0.05, 0) is 43.1 Å². The number of allylic oxidation sites excluding steroid dienone is 1. The molecule has 0 aromatic heterocycles. The van der Waals surface area contributed by atoms with Crippen molar-refractivity contribution in [3.8, 4) is 0 Å². The molecule has 0 spiro atoms. The molecule has 0 fully saturated rings. The molecule has 0 aromatic carbocycles. The van der Waals surface area contributed by atoms with Gasteiger partial charge in [0.2, 0.25) is 0 Å². The lowest BCUT2D eigenvalue weighted by atomic mass is 10.2. The van der Waals surface area contributed by atoms with Gasteiger partial charge in [-0.25, -0.2) is 0 Å². The Labute approximate surface area is 112 Å². The van der Waals surface area contributed by atoms with Gasteiger partial charge in [-0.15, -0.1) is 0 Å². The number of nitrogens with zero attached hydrogens (tertiary/aromatic N) is 1. The van der Waals surface area contributed by atoms with Crippen molar-refractivity contribution in [2.24, 2.45) is 0 Å². The van der Waals surface area contributed by atoms with Crippen LogP contribution in [0.1, 0.15) is 40.5 Å². The molecule has 0 unspecified atom stereocenters. The van der Waals surface area contributed by atoms with Crippen molar-refractivity contribution in [1.29, 1.82) is 0 Å². The Morgan fingerprint density at radius 3 is 1.93 bits per heavy atom. The minimum Gasteiger partial charge on any atom is -0.320 e. The number of halogens is 2. The van der Waals surface area contributed by atoms with E-state index in [1.807, 2.05) is 0 Å². The van der Waals surface area contributed by atoms with Crippen molar-refractivity contribution in [2.45, 2.75) is 40.5 Å². The Morgan fingerprint density at radius 1 is 1.07 bits per heavy atom. The van der Waals surface area contributed by atoms with Gasteiger partial charge in [-0.1, -0.05) is 29.3 Å². The molecule has 0 saturated carbocycles. The van der Waals surface area contributed by atoms with Crippen LogP contribution in [-0.2, 0) is 0 Å². The van der Waals surface area contributed by atoms with Crippen LogP contribution in [-0.4, -0.2) is 30.7 Å². The average Bonchev–Trinajstić information content (AvgIpc) is 2.24. The molecule has 0 aliphatic carbocycles. The molecule has 90 valence electrons. The Morgan fingerprint density at radius 2 is 1.60 bits per heavy atom. The first-order valence-electron chi connectivity index (χ1n) is 5.87. The molecular formula is C12H24Br2N+. The summed E-state index contributed by atoms with van der Waals surface area (Å²) in [7, 11) is 0. The zero-order valence-corrected chi connectivity index (χ0v) is 13.6. The van der Waals surface area contributed by atoms with Crippen molar-refractivity contribution in [2.75, 3.05) is 26.2 Å². The molecule has 3 heteroatoms. The Balaban J connectivity index is 4.56. The van der Waals surface area contributed by atoms with Crippen molar-refractivity contribution in [3.63, 3.8) is 0 Å². The standard InChI is InChI=1S/C12H24Br2N/c1-5-8-9-15(6-2,7-3)10-12(14)11(4)13/h5-10H2,1-4H3/q+1/b12-11+. The second kappa shape index (κ2) is 7.86. The SMILES string of the molecule is CCCC[N+](CC)(CC)C/C(Br)=C(/C)Br. The third-order valence-corrected chi connectivity index (χ3v) is 5.03. The summed E-state index contributed by atoms with van der Waals surface area (Å²) >= 11 is 7.21. The van der Waals surface area contributed by atoms with Gasteiger partial charge in [0.05, 0.1) is 24.1 Å². The predicted molar refractivity (Wildman–Crippen MR) is 76.5 cm³/mol. The number of unbranched alkanes of at least 4 members (excludes halogenated alkanes) is 1. The smallest absolute Gasteiger partial charge is 0.112 e. The molecule has 0 atom stereocenters. The topological polar surface area (TPSA) is 0 Å². The maximum atomic E-state index is 3.67. The van der Waals surface area contributed by atoms with E-state index in [0.717, 1.165) is 6.54 Å². The summed E-state index contributed by atoms with van der Waals surface area (Å²) < 4.78 is 3.72. The molecule has 0 aliphatic heterocycles. The molecule has 0 rings (SSSR count). The Bertz CT molecular complexity index is 204. The highest BCUT2D eigenvalue weighted by molar-refractivity contribution is 9.14. The van der Waals surface area contributed by atoms with Crippen LogP contribution in [0.15, 0.2) is 8.96 Å². The Kier molecular flexibility index (Phi) is 8.20. The number of hydrogen-bond donors (Lipinski definition) is 0. The molecule has 1 nitrogen and oxygen atoms in total. The largest absolute Gasteiger partial charge is 0.320 e. The molecule has 0 aliphatic rings. The highest BCUT2D eigenvalue weighted by Crippen LogP contribution is 2.22. The monoisotopic (exact) mass is 340 g/mol. The van der Waals surface area contributed by atoms with E-state index in [9.17, 15) is 0 Å². The van der Waals surface area contributed by atoms with Crippen LogP contribution in [0.5, 0.6) is 0 Å². The quantitative estimate of drug-likeness (QED) is 0.590. The number of rotatable bonds is 7. The van der Waals surface area contributed by atoms with Crippen molar-refractivity contribution in [3.05, 3.63) is 8.96 Å². The molecule has 0 radical (unpaired) electrons. The molecule has 0 aromatic rings. The molecule has 0 N–H and O–H groups in total. The third-order valence-electron chi connectivity index (χ3n) is 3.18. The fourth-order valence-electron chi connectivity index (χ4n) is 1.74. The van der Waals surface area contributed by atoms with Crippen LogP contribution in [0.2, 0.25) is 0 Å². The van der Waals surface area contributed by atoms with Gasteiger partial charge in [0, 0.05) is 4.48 Å². The van der Waals surface area contributed by atoms with Crippen LogP contribution in [0.4, 0.5) is 0 Å². The Hall–Kier alpha value is 0.660. The van der Waals surface area contributed by atoms with Crippen LogP contribution in [0, 0.1) is 0 Å². The lowest BCUT2D eigenvalue weighted by molar-refractivity contribution is -0.920. The third kappa shape index (κ3) is 5.50. The van der Waals surface area contributed by atoms with E-state index in [2.05, 4.69) is 59.6 Å². The van der Waals surface area contributed by atoms with Gasteiger partial charge in [-0.3, -0.25) is 0 Å². The summed E-state index contributed by atoms with van der Waals surface area (Å²) in [5.74, 6) is 0. The first kappa shape index (κ1) is 15.7. The summed E-state index contributed by atoms with van der Waals surface area (Å²) in [4.78, 5) is 0. The summed E-state index contributed by atoms with van der Waals surface area (Å²) in [5.41, 5.74) is 0. The zero-order valence-electron chi connectivity index (χ0n) is 10.4. The fourth-order valence-corrected chi connectivity index (χ4v) is 2.40. The van der Waals surface area contributed by atoms with Crippen LogP contribution in [0.3, 0.4) is 0 Å². The lowest BCUT2D eigenvalue weighted by Gasteiger charge is -2.37. The van der Waals surface area contributed by atoms with E-state index in [1.165, 1.54) is 45.9 Å². The predicted octanol–water partition coefficient (Wildman–Crippen LogP) is 4.66. The fraction of sp³-hybridized carbons (Fsp3) is 0.833. The highest BCUT2D eigenvalue weighted by Gasteiger charge is 2.23. The number of quaternary nitrogens is 1. The van der Waals surface area contributed by atoms with Crippen LogP contribution < -0.4 is 0 Å². The van der Waals surface area contributed by atoms with E-state index in [1.54, 1.807) is 0 Å². The minimum atomic E-state index is 1.12. The van der Waals surface area contributed by atoms with Crippen LogP contribution in [0.25, 0.3) is 0 Å². The second-order valence-electron chi connectivity index (χ2n) is 4.15. The maximum Gasteiger partial charge on any atom is 0.112 e. The van der Waals surface area contributed by atoms with Gasteiger partial charge in [-0.2, -0.15) is 0 Å². The van der Waals surface area contributed by atoms with Gasteiger partial charge >= 0.3 is 0 Å². The van der Waals surface area contributed by atoms with E-state index >= 15 is 0 Å². The average molecular weight is 342 g/mol. The van der Waals surface area contributed by atoms with Gasteiger partial charge < -0.3 is 4.48 Å². The summed E-state index contributed by atoms with van der Waals surface area (Å²) in [6.45, 7) is 13.8. The van der Waals surface area contributed by atoms with Crippen molar-refractivity contribution < 1.29 is 4.48 Å². The maximum absolute atomic E-state index is 3.67. The normalized spacial score (nSPS) is 14.0.